The van der Waals surface area contributed by atoms with Gasteiger partial charge in [-0.25, -0.2) is 9.97 Å². The number of anilines is 1. The Morgan fingerprint density at radius 3 is 2.75 bits per heavy atom. The number of H-pyrrole nitrogens is 1. The molecule has 0 bridgehead atoms. The molecule has 1 aromatic carbocycles. The van der Waals surface area contributed by atoms with Gasteiger partial charge < -0.3 is 19.8 Å². The van der Waals surface area contributed by atoms with E-state index in [1.165, 1.54) is 11.9 Å². The number of alkyl halides is 3. The van der Waals surface area contributed by atoms with Crippen molar-refractivity contribution in [1.29, 1.82) is 0 Å². The number of aryl methyl sites for hydroxylation is 1. The van der Waals surface area contributed by atoms with Crippen molar-refractivity contribution in [2.45, 2.75) is 44.0 Å². The van der Waals surface area contributed by atoms with E-state index in [4.69, 9.17) is 9.47 Å². The van der Waals surface area contributed by atoms with Gasteiger partial charge in [-0.1, -0.05) is 24.3 Å². The number of ether oxygens (including phenoxy) is 2. The fourth-order valence-electron chi connectivity index (χ4n) is 4.61. The van der Waals surface area contributed by atoms with Gasteiger partial charge in [-0.2, -0.15) is 13.2 Å². The van der Waals surface area contributed by atoms with Crippen LogP contribution < -0.4 is 5.32 Å². The van der Waals surface area contributed by atoms with Crippen molar-refractivity contribution in [2.75, 3.05) is 25.1 Å². The van der Waals surface area contributed by atoms with Crippen molar-refractivity contribution in [3.8, 4) is 0 Å². The normalized spacial score (nSPS) is 22.1. The fraction of sp³-hybridized carbons (Fsp3) is 0.478. The van der Waals surface area contributed by atoms with Crippen LogP contribution in [0.2, 0.25) is 0 Å². The number of halogens is 3. The van der Waals surface area contributed by atoms with Gasteiger partial charge in [0.2, 0.25) is 0 Å². The van der Waals surface area contributed by atoms with E-state index < -0.39 is 11.9 Å². The fourth-order valence-corrected chi connectivity index (χ4v) is 4.61. The Kier molecular flexibility index (Phi) is 5.77. The molecular formula is C23H25F3N4O2. The molecule has 2 aliphatic rings. The molecule has 3 heterocycles. The largest absolute Gasteiger partial charge is 0.431 e. The van der Waals surface area contributed by atoms with Crippen LogP contribution in [0.25, 0.3) is 11.0 Å². The number of fused-ring (bicyclic) bond motifs is 2. The molecular weight excluding hydrogens is 421 g/mol. The summed E-state index contributed by atoms with van der Waals surface area (Å²) in [6.07, 6.45) is 0.369. The second kappa shape index (κ2) is 8.71. The minimum absolute atomic E-state index is 0.112. The topological polar surface area (TPSA) is 72.1 Å². The SMILES string of the molecule is FC(F)(F)c1cc2c(N[C@H]3c4ccccc4CC[C@@H]3OCC3CCOCC3)ncnc2[nH]1. The molecule has 0 unspecified atom stereocenters. The summed E-state index contributed by atoms with van der Waals surface area (Å²) < 4.78 is 51.5. The molecule has 0 radical (unpaired) electrons. The number of aromatic nitrogens is 3. The lowest BCUT2D eigenvalue weighted by Crippen LogP contribution is -2.35. The molecule has 1 aliphatic carbocycles. The highest BCUT2D eigenvalue weighted by Crippen LogP contribution is 2.37. The van der Waals surface area contributed by atoms with Crippen molar-refractivity contribution in [2.24, 2.45) is 5.92 Å². The van der Waals surface area contributed by atoms with Crippen LogP contribution >= 0.6 is 0 Å². The summed E-state index contributed by atoms with van der Waals surface area (Å²) in [6.45, 7) is 2.17. The Labute approximate surface area is 183 Å². The molecule has 1 fully saturated rings. The van der Waals surface area contributed by atoms with E-state index in [-0.39, 0.29) is 17.8 Å². The molecule has 2 N–H and O–H groups in total. The first-order chi connectivity index (χ1) is 15.5. The molecule has 1 aliphatic heterocycles. The molecule has 6 nitrogen and oxygen atoms in total. The Hall–Kier alpha value is -2.65. The van der Waals surface area contributed by atoms with Crippen LogP contribution in [0.1, 0.15) is 42.1 Å². The molecule has 170 valence electrons. The number of nitrogens with one attached hydrogen (secondary N) is 2. The number of hydrogen-bond acceptors (Lipinski definition) is 5. The van der Waals surface area contributed by atoms with Crippen LogP contribution in [0, 0.1) is 5.92 Å². The summed E-state index contributed by atoms with van der Waals surface area (Å²) in [5.74, 6) is 0.828. The van der Waals surface area contributed by atoms with Crippen LogP contribution in [0.5, 0.6) is 0 Å². The van der Waals surface area contributed by atoms with Gasteiger partial charge in [0.05, 0.1) is 24.1 Å². The zero-order valence-electron chi connectivity index (χ0n) is 17.5. The predicted octanol–water partition coefficient (Wildman–Crippen LogP) is 4.89. The van der Waals surface area contributed by atoms with E-state index in [1.54, 1.807) is 0 Å². The first kappa shape index (κ1) is 21.2. The third-order valence-corrected chi connectivity index (χ3v) is 6.37. The molecule has 1 saturated heterocycles. The van der Waals surface area contributed by atoms with Crippen LogP contribution in [0.4, 0.5) is 19.0 Å². The van der Waals surface area contributed by atoms with Crippen LogP contribution in [-0.4, -0.2) is 40.9 Å². The number of rotatable bonds is 5. The van der Waals surface area contributed by atoms with Crippen molar-refractivity contribution in [3.63, 3.8) is 0 Å². The average molecular weight is 446 g/mol. The van der Waals surface area contributed by atoms with Gasteiger partial charge in [0.25, 0.3) is 0 Å². The zero-order valence-corrected chi connectivity index (χ0v) is 17.5. The lowest BCUT2D eigenvalue weighted by molar-refractivity contribution is -0.140. The summed E-state index contributed by atoms with van der Waals surface area (Å²) in [5, 5.41) is 3.71. The minimum Gasteiger partial charge on any atom is -0.381 e. The number of hydrogen-bond donors (Lipinski definition) is 2. The molecule has 0 spiro atoms. The Morgan fingerprint density at radius 1 is 1.12 bits per heavy atom. The quantitative estimate of drug-likeness (QED) is 0.584. The predicted molar refractivity (Wildman–Crippen MR) is 113 cm³/mol. The van der Waals surface area contributed by atoms with E-state index in [1.807, 2.05) is 18.2 Å². The third kappa shape index (κ3) is 4.31. The second-order valence-electron chi connectivity index (χ2n) is 8.45. The standard InChI is InChI=1S/C23H25F3N4O2/c24-23(25,26)19-11-17-21(29-19)27-13-28-22(17)30-20-16-4-2-1-3-15(16)5-6-18(20)32-12-14-7-9-31-10-8-14/h1-4,11,13-14,18,20H,5-10,12H2,(H2,27,28,29,30)/t18-,20-/m0/s1. The summed E-state index contributed by atoms with van der Waals surface area (Å²) in [6, 6.07) is 8.96. The van der Waals surface area contributed by atoms with E-state index in [9.17, 15) is 13.2 Å². The number of aromatic amines is 1. The first-order valence-electron chi connectivity index (χ1n) is 10.9. The van der Waals surface area contributed by atoms with Gasteiger partial charge >= 0.3 is 6.18 Å². The van der Waals surface area contributed by atoms with Crippen molar-refractivity contribution in [1.82, 2.24) is 15.0 Å². The van der Waals surface area contributed by atoms with Crippen LogP contribution in [0.3, 0.4) is 0 Å². The first-order valence-corrected chi connectivity index (χ1v) is 10.9. The maximum absolute atomic E-state index is 13.2. The van der Waals surface area contributed by atoms with Crippen molar-refractivity contribution < 1.29 is 22.6 Å². The Balaban J connectivity index is 1.44. The number of benzene rings is 1. The van der Waals surface area contributed by atoms with Gasteiger partial charge in [0.15, 0.2) is 0 Å². The van der Waals surface area contributed by atoms with Gasteiger partial charge in [-0.05, 0) is 48.8 Å². The molecule has 3 aromatic rings. The lowest BCUT2D eigenvalue weighted by Gasteiger charge is -2.35. The Morgan fingerprint density at radius 2 is 1.94 bits per heavy atom. The van der Waals surface area contributed by atoms with Gasteiger partial charge in [0.1, 0.15) is 23.5 Å². The molecule has 9 heteroatoms. The highest BCUT2D eigenvalue weighted by molar-refractivity contribution is 5.88. The molecule has 2 aromatic heterocycles. The maximum atomic E-state index is 13.2. The Bertz CT molecular complexity index is 1080. The van der Waals surface area contributed by atoms with E-state index in [0.29, 0.717) is 23.7 Å². The molecule has 2 atom stereocenters. The average Bonchev–Trinajstić information content (AvgIpc) is 3.25. The van der Waals surface area contributed by atoms with E-state index in [2.05, 4.69) is 26.3 Å². The monoisotopic (exact) mass is 446 g/mol. The molecule has 0 saturated carbocycles. The zero-order chi connectivity index (χ0) is 22.1. The van der Waals surface area contributed by atoms with Gasteiger partial charge in [-0.3, -0.25) is 0 Å². The van der Waals surface area contributed by atoms with Crippen LogP contribution in [-0.2, 0) is 22.1 Å². The smallest absolute Gasteiger partial charge is 0.381 e. The maximum Gasteiger partial charge on any atom is 0.431 e. The highest BCUT2D eigenvalue weighted by atomic mass is 19.4. The van der Waals surface area contributed by atoms with Gasteiger partial charge in [0, 0.05) is 13.2 Å². The summed E-state index contributed by atoms with van der Waals surface area (Å²) >= 11 is 0. The second-order valence-corrected chi connectivity index (χ2v) is 8.45. The molecule has 32 heavy (non-hydrogen) atoms. The summed E-state index contributed by atoms with van der Waals surface area (Å²) in [7, 11) is 0. The molecule has 0 amide bonds. The molecule has 5 rings (SSSR count). The van der Waals surface area contributed by atoms with E-state index >= 15 is 0 Å². The van der Waals surface area contributed by atoms with Gasteiger partial charge in [-0.15, -0.1) is 0 Å². The summed E-state index contributed by atoms with van der Waals surface area (Å²) in [5.41, 5.74) is 1.62. The van der Waals surface area contributed by atoms with Crippen molar-refractivity contribution >= 4 is 16.9 Å². The number of nitrogens with zero attached hydrogens (tertiary/aromatic N) is 2. The van der Waals surface area contributed by atoms with Crippen molar-refractivity contribution in [3.05, 3.63) is 53.5 Å². The lowest BCUT2D eigenvalue weighted by atomic mass is 9.85. The minimum atomic E-state index is -4.48. The third-order valence-electron chi connectivity index (χ3n) is 6.37. The van der Waals surface area contributed by atoms with Crippen LogP contribution in [0.15, 0.2) is 36.7 Å². The highest BCUT2D eigenvalue weighted by Gasteiger charge is 2.35. The van der Waals surface area contributed by atoms with E-state index in [0.717, 1.165) is 50.5 Å². The summed E-state index contributed by atoms with van der Waals surface area (Å²) in [4.78, 5) is 10.6.